The van der Waals surface area contributed by atoms with E-state index in [1.807, 2.05) is 0 Å². The number of carbonyl (C=O) groups is 3. The first-order chi connectivity index (χ1) is 13.1. The van der Waals surface area contributed by atoms with Gasteiger partial charge in [0.05, 0.1) is 19.9 Å². The molecule has 0 radical (unpaired) electrons. The molecule has 1 aliphatic rings. The summed E-state index contributed by atoms with van der Waals surface area (Å²) < 4.78 is 52.2. The van der Waals surface area contributed by atoms with Gasteiger partial charge in [0, 0.05) is 12.1 Å². The van der Waals surface area contributed by atoms with Gasteiger partial charge in [0.1, 0.15) is 11.3 Å². The number of nitrogens with one attached hydrogen (secondary N) is 1. The number of ether oxygens (including phenoxy) is 1. The van der Waals surface area contributed by atoms with Crippen molar-refractivity contribution in [3.63, 3.8) is 0 Å². The van der Waals surface area contributed by atoms with E-state index >= 15 is 0 Å². The summed E-state index contributed by atoms with van der Waals surface area (Å²) in [6.45, 7) is 2.63. The van der Waals surface area contributed by atoms with Gasteiger partial charge in [-0.15, -0.1) is 0 Å². The van der Waals surface area contributed by atoms with E-state index in [9.17, 15) is 27.6 Å². The summed E-state index contributed by atoms with van der Waals surface area (Å²) in [4.78, 5) is 38.1. The van der Waals surface area contributed by atoms with Crippen LogP contribution in [0, 0.1) is 0 Å². The van der Waals surface area contributed by atoms with Crippen molar-refractivity contribution in [1.29, 1.82) is 0 Å². The molecule has 1 aliphatic heterocycles. The second-order valence-corrected chi connectivity index (χ2v) is 6.32. The van der Waals surface area contributed by atoms with Crippen LogP contribution in [-0.2, 0) is 25.7 Å². The van der Waals surface area contributed by atoms with Crippen LogP contribution in [-0.4, -0.2) is 41.5 Å². The van der Waals surface area contributed by atoms with Crippen LogP contribution >= 0.6 is 0 Å². The lowest BCUT2D eigenvalue weighted by Crippen LogP contribution is -2.66. The molecule has 0 bridgehead atoms. The smallest absolute Gasteiger partial charge is 0.425 e. The molecule has 7 nitrogen and oxygen atoms in total. The van der Waals surface area contributed by atoms with Crippen molar-refractivity contribution in [1.82, 2.24) is 10.2 Å². The molecule has 2 rings (SSSR count). The number of hydrogen-bond donors (Lipinski definition) is 1. The number of halogens is 3. The number of nitrogens with zero attached hydrogens (tertiary/aromatic N) is 1. The molecule has 28 heavy (non-hydrogen) atoms. The molecular weight excluding hydrogens is 381 g/mol. The molecule has 2 heterocycles. The first-order valence-electron chi connectivity index (χ1n) is 8.61. The van der Waals surface area contributed by atoms with E-state index in [0.717, 1.165) is 12.0 Å². The summed E-state index contributed by atoms with van der Waals surface area (Å²) in [6, 6.07) is 2.99. The molecule has 0 aromatic carbocycles. The molecule has 0 spiro atoms. The van der Waals surface area contributed by atoms with Gasteiger partial charge in [-0.05, 0) is 25.5 Å². The fraction of sp³-hybridized carbons (Fsp3) is 0.500. The van der Waals surface area contributed by atoms with Crippen LogP contribution in [0.5, 0.6) is 0 Å². The van der Waals surface area contributed by atoms with Gasteiger partial charge in [0.25, 0.3) is 5.91 Å². The number of methoxy groups -OCH3 is 1. The van der Waals surface area contributed by atoms with Crippen LogP contribution in [0.15, 0.2) is 34.1 Å². The third kappa shape index (κ3) is 3.63. The summed E-state index contributed by atoms with van der Waals surface area (Å²) >= 11 is 0. The van der Waals surface area contributed by atoms with E-state index in [1.54, 1.807) is 12.2 Å². The lowest BCUT2D eigenvalue weighted by atomic mass is 9.89. The van der Waals surface area contributed by atoms with Crippen molar-refractivity contribution in [3.8, 4) is 0 Å². The molecule has 0 fully saturated rings. The Morgan fingerprint density at radius 2 is 2.04 bits per heavy atom. The average Bonchev–Trinajstić information content (AvgIpc) is 3.21. The molecule has 1 atom stereocenters. The molecule has 2 amide bonds. The largest absolute Gasteiger partial charge is 0.467 e. The highest BCUT2D eigenvalue weighted by Crippen LogP contribution is 2.45. The molecule has 0 saturated heterocycles. The monoisotopic (exact) mass is 402 g/mol. The zero-order chi connectivity index (χ0) is 21.1. The van der Waals surface area contributed by atoms with E-state index in [4.69, 9.17) is 4.42 Å². The normalized spacial score (nSPS) is 19.9. The highest BCUT2D eigenvalue weighted by atomic mass is 19.4. The van der Waals surface area contributed by atoms with E-state index in [0.29, 0.717) is 12.8 Å². The maximum Gasteiger partial charge on any atom is 0.425 e. The SMILES string of the molecule is CCCCC(=O)N[C@]1(C(F)(F)F)C(=O)N(Cc2ccco2)C(C)=C1C(=O)OC. The zero-order valence-electron chi connectivity index (χ0n) is 15.7. The van der Waals surface area contributed by atoms with Gasteiger partial charge >= 0.3 is 12.1 Å². The Morgan fingerprint density at radius 3 is 2.54 bits per heavy atom. The minimum atomic E-state index is -5.27. The first-order valence-corrected chi connectivity index (χ1v) is 8.61. The van der Waals surface area contributed by atoms with Crippen LogP contribution in [0.4, 0.5) is 13.2 Å². The predicted molar refractivity (Wildman–Crippen MR) is 90.4 cm³/mol. The molecule has 1 aromatic rings. The lowest BCUT2D eigenvalue weighted by molar-refractivity contribution is -0.196. The Kier molecular flexibility index (Phi) is 6.20. The minimum absolute atomic E-state index is 0.215. The van der Waals surface area contributed by atoms with E-state index in [-0.39, 0.29) is 24.4 Å². The van der Waals surface area contributed by atoms with Gasteiger partial charge in [-0.3, -0.25) is 9.59 Å². The number of allylic oxidation sites excluding steroid dienone is 1. The quantitative estimate of drug-likeness (QED) is 0.709. The maximum absolute atomic E-state index is 14.2. The van der Waals surface area contributed by atoms with Gasteiger partial charge < -0.3 is 19.4 Å². The van der Waals surface area contributed by atoms with Crippen LogP contribution in [0.25, 0.3) is 0 Å². The number of amides is 2. The van der Waals surface area contributed by atoms with Crippen molar-refractivity contribution in [2.45, 2.75) is 51.4 Å². The topological polar surface area (TPSA) is 88.9 Å². The molecule has 0 aliphatic carbocycles. The molecule has 0 saturated carbocycles. The predicted octanol–water partition coefficient (Wildman–Crippen LogP) is 2.68. The Bertz CT molecular complexity index is 786. The lowest BCUT2D eigenvalue weighted by Gasteiger charge is -2.33. The molecule has 154 valence electrons. The summed E-state index contributed by atoms with van der Waals surface area (Å²) in [5.74, 6) is -3.60. The van der Waals surface area contributed by atoms with Crippen molar-refractivity contribution >= 4 is 17.8 Å². The Hall–Kier alpha value is -2.78. The van der Waals surface area contributed by atoms with Crippen molar-refractivity contribution in [3.05, 3.63) is 35.4 Å². The number of hydrogen-bond acceptors (Lipinski definition) is 5. The highest BCUT2D eigenvalue weighted by Gasteiger charge is 2.70. The van der Waals surface area contributed by atoms with E-state index < -0.39 is 35.1 Å². The molecule has 1 N–H and O–H groups in total. The van der Waals surface area contributed by atoms with Gasteiger partial charge in [0.2, 0.25) is 11.4 Å². The van der Waals surface area contributed by atoms with E-state index in [1.165, 1.54) is 25.3 Å². The molecule has 10 heteroatoms. The average molecular weight is 402 g/mol. The van der Waals surface area contributed by atoms with Crippen LogP contribution < -0.4 is 5.32 Å². The second-order valence-electron chi connectivity index (χ2n) is 6.32. The van der Waals surface area contributed by atoms with Crippen molar-refractivity contribution < 1.29 is 36.7 Å². The molecular formula is C18H21F3N2O5. The zero-order valence-corrected chi connectivity index (χ0v) is 15.7. The van der Waals surface area contributed by atoms with Gasteiger partial charge in [-0.25, -0.2) is 4.79 Å². The fourth-order valence-electron chi connectivity index (χ4n) is 3.08. The van der Waals surface area contributed by atoms with Gasteiger partial charge in [-0.2, -0.15) is 13.2 Å². The maximum atomic E-state index is 14.2. The van der Waals surface area contributed by atoms with Crippen molar-refractivity contribution in [2.75, 3.05) is 7.11 Å². The Labute approximate surface area is 159 Å². The van der Waals surface area contributed by atoms with Crippen molar-refractivity contribution in [2.24, 2.45) is 0 Å². The van der Waals surface area contributed by atoms with E-state index in [2.05, 4.69) is 4.74 Å². The summed E-state index contributed by atoms with van der Waals surface area (Å²) in [5, 5.41) is 1.78. The number of rotatable bonds is 7. The van der Waals surface area contributed by atoms with Crippen LogP contribution in [0.3, 0.4) is 0 Å². The third-order valence-electron chi connectivity index (χ3n) is 4.50. The third-order valence-corrected chi connectivity index (χ3v) is 4.50. The minimum Gasteiger partial charge on any atom is -0.467 e. The van der Waals surface area contributed by atoms with Gasteiger partial charge in [-0.1, -0.05) is 13.3 Å². The number of furan rings is 1. The summed E-state index contributed by atoms with van der Waals surface area (Å²) in [5.41, 5.74) is -4.73. The summed E-state index contributed by atoms with van der Waals surface area (Å²) in [7, 11) is 0.905. The molecule has 0 unspecified atom stereocenters. The highest BCUT2D eigenvalue weighted by molar-refractivity contribution is 6.10. The number of alkyl halides is 3. The van der Waals surface area contributed by atoms with Crippen LogP contribution in [0.2, 0.25) is 0 Å². The summed E-state index contributed by atoms with van der Waals surface area (Å²) in [6.07, 6.45) is -3.27. The number of esters is 1. The second kappa shape index (κ2) is 8.07. The fourth-order valence-corrected chi connectivity index (χ4v) is 3.08. The first kappa shape index (κ1) is 21.5. The number of carbonyl (C=O) groups excluding carboxylic acids is 3. The van der Waals surface area contributed by atoms with Crippen LogP contribution in [0.1, 0.15) is 38.9 Å². The standard InChI is InChI=1S/C18H21F3N2O5/c1-4-5-8-13(24)22-17(18(19,20)21)14(15(25)27-3)11(2)23(16(17)26)10-12-7-6-9-28-12/h6-7,9H,4-5,8,10H2,1-3H3,(H,22,24)/t17-/m0/s1. The Balaban J connectivity index is 2.58. The Morgan fingerprint density at radius 1 is 1.36 bits per heavy atom. The molecule has 1 aromatic heterocycles. The number of unbranched alkanes of at least 4 members (excludes halogenated alkanes) is 1. The van der Waals surface area contributed by atoms with Gasteiger partial charge in [0.15, 0.2) is 0 Å².